The van der Waals surface area contributed by atoms with Crippen LogP contribution >= 0.6 is 0 Å². The number of benzene rings is 2. The summed E-state index contributed by atoms with van der Waals surface area (Å²) in [6, 6.07) is 17.7. The van der Waals surface area contributed by atoms with Crippen LogP contribution in [0.5, 0.6) is 0 Å². The number of para-hydroxylation sites is 1. The second-order valence-corrected chi connectivity index (χ2v) is 8.49. The number of fused-ring (bicyclic) bond motifs is 2. The quantitative estimate of drug-likeness (QED) is 0.652. The van der Waals surface area contributed by atoms with Gasteiger partial charge in [0.15, 0.2) is 0 Å². The molecule has 7 heteroatoms. The number of nitrogens with zero attached hydrogens (tertiary/aromatic N) is 2. The number of anilines is 1. The Morgan fingerprint density at radius 2 is 1.94 bits per heavy atom. The normalized spacial score (nSPS) is 17.5. The first kappa shape index (κ1) is 21.0. The number of furan rings is 1. The Kier molecular flexibility index (Phi) is 5.46. The monoisotopic (exact) mass is 443 g/mol. The van der Waals surface area contributed by atoms with E-state index in [4.69, 9.17) is 4.42 Å². The van der Waals surface area contributed by atoms with Crippen LogP contribution in [-0.2, 0) is 17.9 Å². The largest absolute Gasteiger partial charge is 0.465 e. The fraction of sp³-hybridized carbons (Fsp3) is 0.269. The predicted molar refractivity (Wildman–Crippen MR) is 123 cm³/mol. The summed E-state index contributed by atoms with van der Waals surface area (Å²) in [7, 11) is 0. The molecule has 1 fully saturated rings. The third kappa shape index (κ3) is 4.02. The van der Waals surface area contributed by atoms with Crippen LogP contribution in [0.25, 0.3) is 0 Å². The van der Waals surface area contributed by atoms with Gasteiger partial charge in [-0.2, -0.15) is 0 Å². The highest BCUT2D eigenvalue weighted by Crippen LogP contribution is 2.33. The molecule has 33 heavy (non-hydrogen) atoms. The van der Waals surface area contributed by atoms with Crippen molar-refractivity contribution < 1.29 is 18.8 Å². The lowest BCUT2D eigenvalue weighted by molar-refractivity contribution is -0.122. The van der Waals surface area contributed by atoms with E-state index in [1.54, 1.807) is 28.0 Å². The van der Waals surface area contributed by atoms with Crippen LogP contribution in [0.4, 0.5) is 5.69 Å². The second-order valence-electron chi connectivity index (χ2n) is 8.49. The minimum absolute atomic E-state index is 0.0751. The highest BCUT2D eigenvalue weighted by Gasteiger charge is 2.41. The minimum Gasteiger partial charge on any atom is -0.465 e. The first-order valence-electron chi connectivity index (χ1n) is 11.1. The summed E-state index contributed by atoms with van der Waals surface area (Å²) in [5.74, 6) is 1.10. The number of carbonyl (C=O) groups excluding carboxylic acids is 3. The molecule has 1 unspecified atom stereocenters. The van der Waals surface area contributed by atoms with Crippen molar-refractivity contribution in [1.29, 1.82) is 0 Å². The SMILES string of the molecule is Cc1ccc(CNC(=O)c2cccc(CN3C(=O)C4CCCN4C(=O)c4ccccc43)c2)o1. The van der Waals surface area contributed by atoms with Gasteiger partial charge in [0, 0.05) is 12.1 Å². The molecule has 168 valence electrons. The van der Waals surface area contributed by atoms with Crippen molar-refractivity contribution in [3.05, 3.63) is 88.9 Å². The average molecular weight is 444 g/mol. The highest BCUT2D eigenvalue weighted by atomic mass is 16.3. The van der Waals surface area contributed by atoms with Gasteiger partial charge in [-0.1, -0.05) is 24.3 Å². The number of hydrogen-bond acceptors (Lipinski definition) is 4. The number of amides is 3. The Morgan fingerprint density at radius 3 is 2.76 bits per heavy atom. The van der Waals surface area contributed by atoms with Gasteiger partial charge in [-0.25, -0.2) is 0 Å². The zero-order valence-electron chi connectivity index (χ0n) is 18.4. The van der Waals surface area contributed by atoms with Crippen LogP contribution in [0.2, 0.25) is 0 Å². The van der Waals surface area contributed by atoms with Gasteiger partial charge in [0.05, 0.1) is 24.3 Å². The summed E-state index contributed by atoms with van der Waals surface area (Å²) < 4.78 is 5.50. The molecule has 1 aromatic heterocycles. The van der Waals surface area contributed by atoms with Crippen molar-refractivity contribution in [1.82, 2.24) is 10.2 Å². The molecule has 3 aromatic rings. The Hall–Kier alpha value is -3.87. The van der Waals surface area contributed by atoms with E-state index in [1.807, 2.05) is 49.4 Å². The van der Waals surface area contributed by atoms with Crippen molar-refractivity contribution in [3.8, 4) is 0 Å². The summed E-state index contributed by atoms with van der Waals surface area (Å²) >= 11 is 0. The fourth-order valence-electron chi connectivity index (χ4n) is 4.62. The molecule has 0 bridgehead atoms. The first-order chi connectivity index (χ1) is 16.0. The number of carbonyl (C=O) groups is 3. The Bertz CT molecular complexity index is 1230. The van der Waals surface area contributed by atoms with Gasteiger partial charge in [-0.15, -0.1) is 0 Å². The van der Waals surface area contributed by atoms with E-state index in [1.165, 1.54) is 0 Å². The van der Waals surface area contributed by atoms with E-state index in [2.05, 4.69) is 5.32 Å². The third-order valence-electron chi connectivity index (χ3n) is 6.24. The molecule has 0 saturated carbocycles. The maximum atomic E-state index is 13.5. The van der Waals surface area contributed by atoms with Gasteiger partial charge < -0.3 is 19.5 Å². The van der Waals surface area contributed by atoms with Crippen LogP contribution in [-0.4, -0.2) is 35.2 Å². The zero-order chi connectivity index (χ0) is 22.9. The van der Waals surface area contributed by atoms with Gasteiger partial charge >= 0.3 is 0 Å². The highest BCUT2D eigenvalue weighted by molar-refractivity contribution is 6.11. The molecule has 3 heterocycles. The molecule has 2 aliphatic rings. The molecule has 1 saturated heterocycles. The molecule has 1 atom stereocenters. The molecule has 0 radical (unpaired) electrons. The van der Waals surface area contributed by atoms with Crippen molar-refractivity contribution in [3.63, 3.8) is 0 Å². The molecular weight excluding hydrogens is 418 g/mol. The van der Waals surface area contributed by atoms with Crippen molar-refractivity contribution in [2.75, 3.05) is 11.4 Å². The average Bonchev–Trinajstić information content (AvgIpc) is 3.48. The first-order valence-corrected chi connectivity index (χ1v) is 11.1. The fourth-order valence-corrected chi connectivity index (χ4v) is 4.62. The summed E-state index contributed by atoms with van der Waals surface area (Å²) in [6.45, 7) is 3.04. The van der Waals surface area contributed by atoms with Crippen LogP contribution in [0.15, 0.2) is 65.1 Å². The molecule has 2 aliphatic heterocycles. The van der Waals surface area contributed by atoms with Crippen LogP contribution in [0.3, 0.4) is 0 Å². The van der Waals surface area contributed by atoms with Gasteiger partial charge in [-0.05, 0) is 61.7 Å². The summed E-state index contributed by atoms with van der Waals surface area (Å²) in [6.07, 6.45) is 1.49. The number of nitrogens with one attached hydrogen (secondary N) is 1. The van der Waals surface area contributed by atoms with Gasteiger partial charge in [-0.3, -0.25) is 14.4 Å². The zero-order valence-corrected chi connectivity index (χ0v) is 18.4. The minimum atomic E-state index is -0.437. The van der Waals surface area contributed by atoms with Crippen molar-refractivity contribution in [2.45, 2.75) is 38.9 Å². The van der Waals surface area contributed by atoms with E-state index in [-0.39, 0.29) is 24.3 Å². The molecule has 1 N–H and O–H groups in total. The third-order valence-corrected chi connectivity index (χ3v) is 6.24. The molecular formula is C26H25N3O4. The second kappa shape index (κ2) is 8.58. The summed E-state index contributed by atoms with van der Waals surface area (Å²) in [4.78, 5) is 42.6. The smallest absolute Gasteiger partial charge is 0.256 e. The van der Waals surface area contributed by atoms with E-state index in [9.17, 15) is 14.4 Å². The standard InChI is InChI=1S/C26H25N3O4/c1-17-11-12-20(33-17)15-27-24(30)19-7-4-6-18(14-19)16-29-22-9-3-2-8-21(22)25(31)28-13-5-10-23(28)26(29)32/h2-4,6-9,11-12,14,23H,5,10,13,15-16H2,1H3,(H,27,30). The molecule has 7 nitrogen and oxygen atoms in total. The molecule has 0 spiro atoms. The topological polar surface area (TPSA) is 82.9 Å². The Balaban J connectivity index is 1.39. The lowest BCUT2D eigenvalue weighted by atomic mass is 10.1. The Morgan fingerprint density at radius 1 is 1.09 bits per heavy atom. The number of aryl methyl sites for hydroxylation is 1. The number of rotatable bonds is 5. The summed E-state index contributed by atoms with van der Waals surface area (Å²) in [5.41, 5.74) is 2.48. The molecule has 2 aromatic carbocycles. The van der Waals surface area contributed by atoms with Gasteiger partial charge in [0.1, 0.15) is 17.6 Å². The van der Waals surface area contributed by atoms with E-state index in [0.29, 0.717) is 42.1 Å². The molecule has 0 aliphatic carbocycles. The van der Waals surface area contributed by atoms with Gasteiger partial charge in [0.2, 0.25) is 5.91 Å². The maximum Gasteiger partial charge on any atom is 0.256 e. The Labute approximate surface area is 192 Å². The van der Waals surface area contributed by atoms with E-state index < -0.39 is 6.04 Å². The van der Waals surface area contributed by atoms with Crippen LogP contribution < -0.4 is 10.2 Å². The van der Waals surface area contributed by atoms with Crippen molar-refractivity contribution >= 4 is 23.4 Å². The van der Waals surface area contributed by atoms with Crippen molar-refractivity contribution in [2.24, 2.45) is 0 Å². The molecule has 5 rings (SSSR count). The van der Waals surface area contributed by atoms with Crippen LogP contribution in [0.1, 0.15) is 50.6 Å². The summed E-state index contributed by atoms with van der Waals surface area (Å²) in [5, 5.41) is 2.87. The lowest BCUT2D eigenvalue weighted by Gasteiger charge is -2.26. The lowest BCUT2D eigenvalue weighted by Crippen LogP contribution is -2.44. The molecule has 3 amide bonds. The predicted octanol–water partition coefficient (Wildman–Crippen LogP) is 3.67. The van der Waals surface area contributed by atoms with Crippen LogP contribution in [0, 0.1) is 6.92 Å². The van der Waals surface area contributed by atoms with E-state index >= 15 is 0 Å². The maximum absolute atomic E-state index is 13.5. The van der Waals surface area contributed by atoms with Gasteiger partial charge in [0.25, 0.3) is 11.8 Å². The van der Waals surface area contributed by atoms with E-state index in [0.717, 1.165) is 17.7 Å². The number of hydrogen-bond donors (Lipinski definition) is 1.